The van der Waals surface area contributed by atoms with Crippen LogP contribution in [0.2, 0.25) is 0 Å². The third-order valence-electron chi connectivity index (χ3n) is 2.31. The lowest BCUT2D eigenvalue weighted by molar-refractivity contribution is -0.341. The molecule has 0 aromatic rings. The Morgan fingerprint density at radius 3 is 1.71 bits per heavy atom. The summed E-state index contributed by atoms with van der Waals surface area (Å²) in [7, 11) is -10.7. The van der Waals surface area contributed by atoms with Crippen molar-refractivity contribution in [2.75, 3.05) is 6.61 Å². The Labute approximate surface area is 151 Å². The summed E-state index contributed by atoms with van der Waals surface area (Å²) in [5.41, 5.74) is 0. The van der Waals surface area contributed by atoms with Gasteiger partial charge in [-0.1, -0.05) is 6.92 Å². The van der Waals surface area contributed by atoms with E-state index >= 15 is 0 Å². The number of hydrogen-bond acceptors (Lipinski definition) is 7. The smallest absolute Gasteiger partial charge is 0.302 e. The first-order chi connectivity index (χ1) is 12.3. The van der Waals surface area contributed by atoms with E-state index in [9.17, 15) is 48.6 Å². The minimum Gasteiger partial charge on any atom is -0.302 e. The van der Waals surface area contributed by atoms with Gasteiger partial charge in [0.25, 0.3) is 0 Å². The molecule has 1 saturated heterocycles. The van der Waals surface area contributed by atoms with Crippen LogP contribution in [0.4, 0.5) is 39.5 Å². The first-order valence-electron chi connectivity index (χ1n) is 6.84. The molecule has 0 bridgehead atoms. The Kier molecular flexibility index (Phi) is 9.92. The first kappa shape index (κ1) is 27.6. The van der Waals surface area contributed by atoms with Gasteiger partial charge >= 0.3 is 34.7 Å². The maximum atomic E-state index is 11.4. The van der Waals surface area contributed by atoms with Gasteiger partial charge in [0.2, 0.25) is 0 Å². The molecule has 1 aliphatic rings. The zero-order chi connectivity index (χ0) is 22.4. The highest BCUT2D eigenvalue weighted by molar-refractivity contribution is 7.48. The van der Waals surface area contributed by atoms with Gasteiger partial charge in [-0.05, 0) is 19.3 Å². The summed E-state index contributed by atoms with van der Waals surface area (Å²) in [6, 6.07) is 0. The lowest BCUT2D eigenvalue weighted by Crippen LogP contribution is -2.23. The van der Waals surface area contributed by atoms with Crippen LogP contribution in [0.1, 0.15) is 26.2 Å². The molecule has 170 valence electrons. The van der Waals surface area contributed by atoms with E-state index in [2.05, 4.69) is 4.52 Å². The Hall–Kier alpha value is -0.410. The second-order valence-electron chi connectivity index (χ2n) is 4.64. The van der Waals surface area contributed by atoms with Crippen LogP contribution >= 0.6 is 15.6 Å². The number of alkyl halides is 9. The summed E-state index contributed by atoms with van der Waals surface area (Å²) in [5.74, 6) is 0. The maximum absolute atomic E-state index is 11.4. The van der Waals surface area contributed by atoms with Gasteiger partial charge in [0.1, 0.15) is 0 Å². The number of rotatable bonds is 4. The van der Waals surface area contributed by atoms with E-state index in [1.165, 1.54) is 0 Å². The van der Waals surface area contributed by atoms with Crippen LogP contribution in [0.25, 0.3) is 0 Å². The normalized spacial score (nSPS) is 24.9. The highest BCUT2D eigenvalue weighted by atomic mass is 31.2. The fourth-order valence-corrected chi connectivity index (χ4v) is 3.40. The van der Waals surface area contributed by atoms with Crippen molar-refractivity contribution in [1.82, 2.24) is 0 Å². The van der Waals surface area contributed by atoms with Crippen molar-refractivity contribution in [3.63, 3.8) is 0 Å². The Balaban J connectivity index is 0.000000567. The standard InChI is InChI=1S/C6H13O4P.C3F9O4P/c1-2-6-4-3-5-9-11(7,8)10-6;4-1(5,6)14-17(13,15-2(7,8)9)16-3(10,11)12/h6H,2-5H2,1H3,(H,7,8);. The van der Waals surface area contributed by atoms with Crippen molar-refractivity contribution in [2.24, 2.45) is 0 Å². The molecule has 1 heterocycles. The predicted octanol–water partition coefficient (Wildman–Crippen LogP) is 5.40. The van der Waals surface area contributed by atoms with Crippen LogP contribution in [0.5, 0.6) is 0 Å². The van der Waals surface area contributed by atoms with E-state index in [1.807, 2.05) is 20.5 Å². The van der Waals surface area contributed by atoms with Crippen LogP contribution in [0, 0.1) is 0 Å². The Bertz CT molecular complexity index is 528. The second-order valence-corrected chi connectivity index (χ2v) is 7.49. The molecule has 0 aromatic heterocycles. The predicted molar refractivity (Wildman–Crippen MR) is 69.2 cm³/mol. The third kappa shape index (κ3) is 14.6. The van der Waals surface area contributed by atoms with Crippen LogP contribution < -0.4 is 0 Å². The molecule has 2 atom stereocenters. The molecule has 28 heavy (non-hydrogen) atoms. The van der Waals surface area contributed by atoms with Crippen LogP contribution in [0.15, 0.2) is 0 Å². The van der Waals surface area contributed by atoms with Crippen molar-refractivity contribution >= 4 is 15.6 Å². The SMILES string of the molecule is CCC1CCCOP(=O)(O)O1.O=P(OC(F)(F)F)(OC(F)(F)F)OC(F)(F)F. The van der Waals surface area contributed by atoms with Gasteiger partial charge in [0, 0.05) is 0 Å². The molecule has 0 spiro atoms. The lowest BCUT2D eigenvalue weighted by Gasteiger charge is -2.20. The van der Waals surface area contributed by atoms with E-state index in [0.717, 1.165) is 19.3 Å². The second kappa shape index (κ2) is 10.1. The van der Waals surface area contributed by atoms with Gasteiger partial charge in [-0.2, -0.15) is 13.6 Å². The van der Waals surface area contributed by atoms with Gasteiger partial charge in [0.15, 0.2) is 0 Å². The van der Waals surface area contributed by atoms with Crippen molar-refractivity contribution in [3.8, 4) is 0 Å². The average Bonchev–Trinajstić information content (AvgIpc) is 2.52. The molecule has 2 unspecified atom stereocenters. The highest BCUT2D eigenvalue weighted by Crippen LogP contribution is 2.60. The Morgan fingerprint density at radius 1 is 1.00 bits per heavy atom. The zero-order valence-corrected chi connectivity index (χ0v) is 15.3. The van der Waals surface area contributed by atoms with Crippen molar-refractivity contribution in [1.29, 1.82) is 0 Å². The summed E-state index contributed by atoms with van der Waals surface area (Å²) in [6.07, 6.45) is -16.0. The lowest BCUT2D eigenvalue weighted by atomic mass is 10.2. The maximum Gasteiger partial charge on any atom is 0.531 e. The molecular weight excluding hydrogens is 469 g/mol. The van der Waals surface area contributed by atoms with E-state index in [4.69, 9.17) is 9.42 Å². The molecule has 1 fully saturated rings. The fraction of sp³-hybridized carbons (Fsp3) is 1.00. The van der Waals surface area contributed by atoms with Crippen molar-refractivity contribution < 1.29 is 76.2 Å². The molecule has 0 amide bonds. The van der Waals surface area contributed by atoms with E-state index in [0.29, 0.717) is 6.61 Å². The summed E-state index contributed by atoms with van der Waals surface area (Å²) >= 11 is 0. The summed E-state index contributed by atoms with van der Waals surface area (Å²) in [6.45, 7) is 2.25. The minimum atomic E-state index is -6.96. The van der Waals surface area contributed by atoms with Crippen molar-refractivity contribution in [2.45, 2.75) is 51.4 Å². The molecule has 1 N–H and O–H groups in total. The number of halogens is 9. The van der Waals surface area contributed by atoms with Crippen LogP contribution in [0.3, 0.4) is 0 Å². The molecule has 0 aliphatic carbocycles. The third-order valence-corrected chi connectivity index (χ3v) is 4.67. The van der Waals surface area contributed by atoms with Crippen molar-refractivity contribution in [3.05, 3.63) is 0 Å². The van der Waals surface area contributed by atoms with Gasteiger partial charge in [-0.3, -0.25) is 9.05 Å². The van der Waals surface area contributed by atoms with Crippen LogP contribution in [-0.2, 0) is 31.7 Å². The summed E-state index contributed by atoms with van der Waals surface area (Å²) < 4.78 is 140. The quantitative estimate of drug-likeness (QED) is 0.421. The van der Waals surface area contributed by atoms with Gasteiger partial charge < -0.3 is 4.89 Å². The topological polar surface area (TPSA) is 101 Å². The summed E-state index contributed by atoms with van der Waals surface area (Å²) in [4.78, 5) is 8.97. The van der Waals surface area contributed by atoms with Gasteiger partial charge in [-0.25, -0.2) is 9.13 Å². The molecule has 8 nitrogen and oxygen atoms in total. The fourth-order valence-electron chi connectivity index (χ4n) is 1.48. The molecule has 19 heteroatoms. The molecule has 1 rings (SSSR count). The molecular formula is C9H13F9O8P2. The summed E-state index contributed by atoms with van der Waals surface area (Å²) in [5, 5.41) is 0. The average molecular weight is 482 g/mol. The van der Waals surface area contributed by atoms with Crippen LogP contribution in [-0.4, -0.2) is 36.7 Å². The number of phosphoric acid groups is 2. The molecule has 0 saturated carbocycles. The Morgan fingerprint density at radius 2 is 1.39 bits per heavy atom. The largest absolute Gasteiger partial charge is 0.531 e. The molecule has 0 radical (unpaired) electrons. The minimum absolute atomic E-state index is 0.117. The number of hydrogen-bond donors (Lipinski definition) is 1. The van der Waals surface area contributed by atoms with Gasteiger partial charge in [0.05, 0.1) is 12.7 Å². The number of phosphoric ester groups is 2. The van der Waals surface area contributed by atoms with E-state index in [1.54, 1.807) is 0 Å². The van der Waals surface area contributed by atoms with E-state index in [-0.39, 0.29) is 6.10 Å². The van der Waals surface area contributed by atoms with Gasteiger partial charge in [-0.15, -0.1) is 39.5 Å². The molecule has 1 aliphatic heterocycles. The molecule has 0 aromatic carbocycles. The first-order valence-corrected chi connectivity index (χ1v) is 9.80. The zero-order valence-electron chi connectivity index (χ0n) is 13.5. The highest BCUT2D eigenvalue weighted by Gasteiger charge is 2.55. The van der Waals surface area contributed by atoms with E-state index < -0.39 is 34.7 Å². The monoisotopic (exact) mass is 482 g/mol.